The van der Waals surface area contributed by atoms with Crippen molar-refractivity contribution in [2.75, 3.05) is 16.5 Å². The Bertz CT molecular complexity index is 2880. The maximum Gasteiger partial charge on any atom is 0.141 e. The number of furan rings is 1. The highest BCUT2D eigenvalue weighted by Gasteiger charge is 2.27. The van der Waals surface area contributed by atoms with Gasteiger partial charge in [-0.25, -0.2) is 4.98 Å². The van der Waals surface area contributed by atoms with Gasteiger partial charge in [0.05, 0.1) is 23.4 Å². The Morgan fingerprint density at radius 2 is 1.31 bits per heavy atom. The van der Waals surface area contributed by atoms with Gasteiger partial charge < -0.3 is 19.0 Å². The number of rotatable bonds is 6. The second-order valence-electron chi connectivity index (χ2n) is 15.0. The Kier molecular flexibility index (Phi) is 7.34. The third-order valence-corrected chi connectivity index (χ3v) is 10.4. The van der Waals surface area contributed by atoms with Crippen LogP contribution in [0, 0.1) is 0 Å². The molecule has 0 bridgehead atoms. The number of pyridine rings is 1. The minimum atomic E-state index is -0.110. The molecule has 0 atom stereocenters. The molecule has 54 heavy (non-hydrogen) atoms. The number of fused-ring (bicyclic) bond motifs is 6. The van der Waals surface area contributed by atoms with Crippen molar-refractivity contribution in [1.82, 2.24) is 9.55 Å². The van der Waals surface area contributed by atoms with Crippen molar-refractivity contribution in [1.29, 1.82) is 0 Å². The third kappa shape index (κ3) is 5.46. The first-order valence-corrected chi connectivity index (χ1v) is 18.4. The van der Waals surface area contributed by atoms with Crippen molar-refractivity contribution in [3.63, 3.8) is 0 Å². The molecule has 10 rings (SSSR count). The number of nitrogens with zero attached hydrogens (tertiary/aromatic N) is 4. The van der Waals surface area contributed by atoms with Gasteiger partial charge >= 0.3 is 0 Å². The Morgan fingerprint density at radius 1 is 0.593 bits per heavy atom. The molecule has 6 heteroatoms. The van der Waals surface area contributed by atoms with Crippen molar-refractivity contribution in [3.05, 3.63) is 175 Å². The number of hydrogen-bond donors (Lipinski definition) is 0. The van der Waals surface area contributed by atoms with Crippen LogP contribution in [0.3, 0.4) is 0 Å². The molecule has 0 N–H and O–H groups in total. The van der Waals surface area contributed by atoms with E-state index >= 15 is 0 Å². The van der Waals surface area contributed by atoms with Crippen molar-refractivity contribution >= 4 is 60.8 Å². The van der Waals surface area contributed by atoms with Crippen LogP contribution in [-0.2, 0) is 5.41 Å². The van der Waals surface area contributed by atoms with E-state index in [0.29, 0.717) is 6.67 Å². The molecule has 9 aromatic rings. The monoisotopic (exact) mass is 702 g/mol. The SMILES string of the molecule is CC(C)(C)c1cc(Oc2ccc3c4ccccc4n(-c4cc5oc6ccccc6c5cn4)c3c2)cc(N2CN(c3ccccc3)C=C2c2ccccc2)c1. The van der Waals surface area contributed by atoms with Gasteiger partial charge in [0.1, 0.15) is 28.5 Å². The van der Waals surface area contributed by atoms with E-state index in [4.69, 9.17) is 14.1 Å². The molecule has 6 nitrogen and oxygen atoms in total. The standard InChI is InChI=1S/C48H38N4O2/c1-48(2,3)33-24-35(51-31-50(34-16-8-5-9-17-34)30-44(51)32-14-6-4-7-15-32)26-37(25-33)53-36-22-23-39-38-18-10-12-20-42(38)52(43(39)27-36)47-28-46-41(29-49-47)40-19-11-13-21-45(40)54-46/h4-30H,31H2,1-3H3. The molecule has 0 unspecified atom stereocenters. The quantitative estimate of drug-likeness (QED) is 0.173. The molecule has 1 aliphatic rings. The molecule has 0 aliphatic carbocycles. The maximum absolute atomic E-state index is 6.86. The van der Waals surface area contributed by atoms with Crippen LogP contribution < -0.4 is 14.5 Å². The van der Waals surface area contributed by atoms with E-state index in [9.17, 15) is 0 Å². The summed E-state index contributed by atoms with van der Waals surface area (Å²) in [4.78, 5) is 9.67. The van der Waals surface area contributed by atoms with E-state index in [2.05, 4.69) is 169 Å². The first-order valence-electron chi connectivity index (χ1n) is 18.4. The van der Waals surface area contributed by atoms with Gasteiger partial charge in [-0.3, -0.25) is 4.57 Å². The van der Waals surface area contributed by atoms with Crippen LogP contribution in [0.4, 0.5) is 11.4 Å². The van der Waals surface area contributed by atoms with Crippen LogP contribution in [0.2, 0.25) is 0 Å². The summed E-state index contributed by atoms with van der Waals surface area (Å²) in [5, 5.41) is 4.35. The summed E-state index contributed by atoms with van der Waals surface area (Å²) in [5.74, 6) is 2.32. The third-order valence-electron chi connectivity index (χ3n) is 10.4. The highest BCUT2D eigenvalue weighted by atomic mass is 16.5. The molecule has 0 saturated heterocycles. The maximum atomic E-state index is 6.86. The number of anilines is 2. The van der Waals surface area contributed by atoms with Crippen LogP contribution in [0.25, 0.3) is 55.3 Å². The smallest absolute Gasteiger partial charge is 0.141 e. The topological polar surface area (TPSA) is 46.7 Å². The fourth-order valence-electron chi connectivity index (χ4n) is 7.68. The van der Waals surface area contributed by atoms with Gasteiger partial charge in [0.15, 0.2) is 0 Å². The minimum Gasteiger partial charge on any atom is -0.457 e. The Hall–Kier alpha value is -6.79. The Morgan fingerprint density at radius 3 is 2.13 bits per heavy atom. The minimum absolute atomic E-state index is 0.110. The zero-order chi connectivity index (χ0) is 36.4. The van der Waals surface area contributed by atoms with Crippen molar-refractivity contribution in [2.24, 2.45) is 0 Å². The molecule has 4 heterocycles. The van der Waals surface area contributed by atoms with Gasteiger partial charge in [0.25, 0.3) is 0 Å². The van der Waals surface area contributed by atoms with E-state index in [-0.39, 0.29) is 5.41 Å². The summed E-state index contributed by atoms with van der Waals surface area (Å²) in [6, 6.07) is 52.8. The van der Waals surface area contributed by atoms with Gasteiger partial charge in [-0.1, -0.05) is 106 Å². The highest BCUT2D eigenvalue weighted by molar-refractivity contribution is 6.10. The summed E-state index contributed by atoms with van der Waals surface area (Å²) >= 11 is 0. The lowest BCUT2D eigenvalue weighted by atomic mass is 9.86. The van der Waals surface area contributed by atoms with Gasteiger partial charge in [0, 0.05) is 63.5 Å². The average Bonchev–Trinajstić information content (AvgIpc) is 3.90. The molecule has 3 aromatic heterocycles. The van der Waals surface area contributed by atoms with Gasteiger partial charge in [-0.15, -0.1) is 0 Å². The van der Waals surface area contributed by atoms with E-state index in [1.165, 1.54) is 5.56 Å². The zero-order valence-electron chi connectivity index (χ0n) is 30.4. The second kappa shape index (κ2) is 12.4. The molecule has 1 aliphatic heterocycles. The molecule has 6 aromatic carbocycles. The predicted octanol–water partition coefficient (Wildman–Crippen LogP) is 12.5. The first-order chi connectivity index (χ1) is 26.4. The fraction of sp³-hybridized carbons (Fsp3) is 0.104. The summed E-state index contributed by atoms with van der Waals surface area (Å²) < 4.78 is 15.4. The van der Waals surface area contributed by atoms with Crippen molar-refractivity contribution in [2.45, 2.75) is 26.2 Å². The lowest BCUT2D eigenvalue weighted by Gasteiger charge is -2.28. The van der Waals surface area contributed by atoms with E-state index in [1.54, 1.807) is 0 Å². The summed E-state index contributed by atoms with van der Waals surface area (Å²) in [7, 11) is 0. The normalized spacial score (nSPS) is 13.4. The van der Waals surface area contributed by atoms with Gasteiger partial charge in [0.2, 0.25) is 0 Å². The van der Waals surface area contributed by atoms with Crippen LogP contribution in [0.15, 0.2) is 168 Å². The first kappa shape index (κ1) is 31.9. The molecule has 0 radical (unpaired) electrons. The highest BCUT2D eigenvalue weighted by Crippen LogP contribution is 2.41. The number of aromatic nitrogens is 2. The molecular formula is C48H38N4O2. The molecule has 0 amide bonds. The number of hydrogen-bond acceptors (Lipinski definition) is 5. The average molecular weight is 703 g/mol. The van der Waals surface area contributed by atoms with Crippen LogP contribution in [0.5, 0.6) is 11.5 Å². The molecule has 0 saturated carbocycles. The molecule has 262 valence electrons. The zero-order valence-corrected chi connectivity index (χ0v) is 30.4. The van der Waals surface area contributed by atoms with Crippen molar-refractivity contribution < 1.29 is 9.15 Å². The van der Waals surface area contributed by atoms with Crippen LogP contribution in [0.1, 0.15) is 31.9 Å². The van der Waals surface area contributed by atoms with E-state index in [1.807, 2.05) is 30.5 Å². The summed E-state index contributed by atoms with van der Waals surface area (Å²) in [6.45, 7) is 7.43. The lowest BCUT2D eigenvalue weighted by molar-refractivity contribution is 0.479. The lowest BCUT2D eigenvalue weighted by Crippen LogP contribution is -2.26. The number of para-hydroxylation sites is 3. The largest absolute Gasteiger partial charge is 0.457 e. The molecule has 0 spiro atoms. The summed E-state index contributed by atoms with van der Waals surface area (Å²) in [6.07, 6.45) is 4.17. The number of ether oxygens (including phenoxy) is 1. The van der Waals surface area contributed by atoms with Crippen molar-refractivity contribution in [3.8, 4) is 17.3 Å². The molecule has 0 fully saturated rings. The van der Waals surface area contributed by atoms with Crippen LogP contribution >= 0.6 is 0 Å². The predicted molar refractivity (Wildman–Crippen MR) is 222 cm³/mol. The Balaban J connectivity index is 1.08. The van der Waals surface area contributed by atoms with E-state index < -0.39 is 0 Å². The van der Waals surface area contributed by atoms with Crippen LogP contribution in [-0.4, -0.2) is 16.2 Å². The summed E-state index contributed by atoms with van der Waals surface area (Å²) in [5.41, 5.74) is 9.35. The van der Waals surface area contributed by atoms with Gasteiger partial charge in [-0.05, 0) is 65.1 Å². The van der Waals surface area contributed by atoms with E-state index in [0.717, 1.165) is 83.7 Å². The fourth-order valence-corrected chi connectivity index (χ4v) is 7.68. The Labute approximate surface area is 313 Å². The molecular weight excluding hydrogens is 665 g/mol. The number of benzene rings is 6. The van der Waals surface area contributed by atoms with Gasteiger partial charge in [-0.2, -0.15) is 0 Å². The second-order valence-corrected chi connectivity index (χ2v) is 15.0.